The first-order valence-electron chi connectivity index (χ1n) is 7.31. The predicted octanol–water partition coefficient (Wildman–Crippen LogP) is 3.17. The van der Waals surface area contributed by atoms with Gasteiger partial charge >= 0.3 is 5.97 Å². The van der Waals surface area contributed by atoms with E-state index in [0.717, 1.165) is 0 Å². The van der Waals surface area contributed by atoms with Crippen LogP contribution in [0.5, 0.6) is 0 Å². The zero-order valence-electron chi connectivity index (χ0n) is 13.1. The molecule has 1 N–H and O–H groups in total. The van der Waals surface area contributed by atoms with E-state index in [0.29, 0.717) is 16.3 Å². The van der Waals surface area contributed by atoms with Gasteiger partial charge in [-0.2, -0.15) is 0 Å². The smallest absolute Gasteiger partial charge is 0.307 e. The summed E-state index contributed by atoms with van der Waals surface area (Å²) in [4.78, 5) is 27.9. The summed E-state index contributed by atoms with van der Waals surface area (Å²) in [5, 5.41) is 3.24. The summed E-state index contributed by atoms with van der Waals surface area (Å²) in [5.41, 5.74) is 1.32. The van der Waals surface area contributed by atoms with E-state index in [4.69, 9.17) is 16.3 Å². The number of halogens is 1. The number of hydrogen-bond donors (Lipinski definition) is 1. The van der Waals surface area contributed by atoms with Gasteiger partial charge in [0, 0.05) is 17.3 Å². The van der Waals surface area contributed by atoms with Crippen molar-refractivity contribution >= 4 is 29.6 Å². The maximum Gasteiger partial charge on any atom is 0.307 e. The van der Waals surface area contributed by atoms with E-state index in [1.54, 1.807) is 48.7 Å². The molecule has 0 radical (unpaired) electrons. The van der Waals surface area contributed by atoms with Gasteiger partial charge in [-0.25, -0.2) is 0 Å². The minimum Gasteiger partial charge on any atom is -0.469 e. The molecule has 2 aromatic rings. The molecular formula is C18H17ClN2O3. The molecule has 1 atom stereocenters. The molecule has 2 rings (SSSR count). The number of methoxy groups -OCH3 is 1. The molecule has 1 heterocycles. The average Bonchev–Trinajstić information content (AvgIpc) is 2.60. The predicted molar refractivity (Wildman–Crippen MR) is 92.2 cm³/mol. The monoisotopic (exact) mass is 344 g/mol. The average molecular weight is 345 g/mol. The van der Waals surface area contributed by atoms with E-state index in [2.05, 4.69) is 10.3 Å². The molecular weight excluding hydrogens is 328 g/mol. The summed E-state index contributed by atoms with van der Waals surface area (Å²) < 4.78 is 4.69. The molecule has 0 fully saturated rings. The molecule has 0 saturated heterocycles. The number of ether oxygens (including phenoxy) is 1. The fourth-order valence-corrected chi connectivity index (χ4v) is 2.37. The number of carbonyl (C=O) groups is 2. The largest absolute Gasteiger partial charge is 0.469 e. The minimum absolute atomic E-state index is 0.0105. The maximum atomic E-state index is 12.2. The van der Waals surface area contributed by atoms with Gasteiger partial charge in [0.2, 0.25) is 5.91 Å². The molecule has 0 saturated carbocycles. The van der Waals surface area contributed by atoms with Crippen LogP contribution in [-0.4, -0.2) is 24.0 Å². The Bertz CT molecular complexity index is 732. The standard InChI is InChI=1S/C18H17ClN2O3/c1-24-18(23)12-16(14-7-2-3-8-15(14)19)21-17(22)10-9-13-6-4-5-11-20-13/h2-11,16H,12H2,1H3,(H,21,22). The lowest BCUT2D eigenvalue weighted by atomic mass is 10.0. The van der Waals surface area contributed by atoms with Crippen molar-refractivity contribution in [2.24, 2.45) is 0 Å². The molecule has 24 heavy (non-hydrogen) atoms. The fraction of sp³-hybridized carbons (Fsp3) is 0.167. The van der Waals surface area contributed by atoms with Crippen LogP contribution in [-0.2, 0) is 14.3 Å². The van der Waals surface area contributed by atoms with E-state index in [-0.39, 0.29) is 12.3 Å². The molecule has 0 aliphatic carbocycles. The first-order chi connectivity index (χ1) is 11.6. The highest BCUT2D eigenvalue weighted by Gasteiger charge is 2.20. The van der Waals surface area contributed by atoms with Crippen LogP contribution < -0.4 is 5.32 Å². The molecule has 124 valence electrons. The molecule has 0 aliphatic rings. The number of rotatable bonds is 6. The second-order valence-electron chi connectivity index (χ2n) is 4.95. The van der Waals surface area contributed by atoms with Gasteiger partial charge in [0.25, 0.3) is 0 Å². The Balaban J connectivity index is 2.13. The molecule has 0 bridgehead atoms. The summed E-state index contributed by atoms with van der Waals surface area (Å²) in [7, 11) is 1.30. The van der Waals surface area contributed by atoms with Gasteiger partial charge in [-0.1, -0.05) is 35.9 Å². The van der Waals surface area contributed by atoms with E-state index in [1.807, 2.05) is 6.07 Å². The highest BCUT2D eigenvalue weighted by molar-refractivity contribution is 6.31. The highest BCUT2D eigenvalue weighted by atomic mass is 35.5. The summed E-state index contributed by atoms with van der Waals surface area (Å²) in [5.74, 6) is -0.789. The SMILES string of the molecule is COC(=O)CC(NC(=O)C=Cc1ccccn1)c1ccccc1Cl. The molecule has 6 heteroatoms. The first-order valence-corrected chi connectivity index (χ1v) is 7.69. The number of nitrogens with one attached hydrogen (secondary N) is 1. The Labute approximate surface area is 145 Å². The van der Waals surface area contributed by atoms with Crippen LogP contribution in [0, 0.1) is 0 Å². The van der Waals surface area contributed by atoms with Crippen LogP contribution in [0.3, 0.4) is 0 Å². The molecule has 0 spiro atoms. The number of hydrogen-bond acceptors (Lipinski definition) is 4. The van der Waals surface area contributed by atoms with Crippen molar-refractivity contribution in [2.75, 3.05) is 7.11 Å². The maximum absolute atomic E-state index is 12.2. The van der Waals surface area contributed by atoms with Crippen LogP contribution >= 0.6 is 11.6 Å². The van der Waals surface area contributed by atoms with Crippen molar-refractivity contribution in [3.8, 4) is 0 Å². The second-order valence-corrected chi connectivity index (χ2v) is 5.36. The quantitative estimate of drug-likeness (QED) is 0.645. The third-order valence-electron chi connectivity index (χ3n) is 3.29. The Morgan fingerprint density at radius 3 is 2.67 bits per heavy atom. The number of benzene rings is 1. The van der Waals surface area contributed by atoms with Gasteiger partial charge in [-0.15, -0.1) is 0 Å². The Kier molecular flexibility index (Phi) is 6.51. The lowest BCUT2D eigenvalue weighted by Gasteiger charge is -2.18. The zero-order valence-corrected chi connectivity index (χ0v) is 13.9. The second kappa shape index (κ2) is 8.84. The molecule has 1 unspecified atom stereocenters. The normalized spacial score (nSPS) is 11.9. The van der Waals surface area contributed by atoms with Crippen LogP contribution in [0.15, 0.2) is 54.7 Å². The van der Waals surface area contributed by atoms with E-state index >= 15 is 0 Å². The number of nitrogens with zero attached hydrogens (tertiary/aromatic N) is 1. The lowest BCUT2D eigenvalue weighted by molar-refractivity contribution is -0.141. The molecule has 5 nitrogen and oxygen atoms in total. The van der Waals surface area contributed by atoms with E-state index in [1.165, 1.54) is 13.2 Å². The number of aromatic nitrogens is 1. The molecule has 0 aliphatic heterocycles. The number of esters is 1. The minimum atomic E-state index is -0.577. The summed E-state index contributed by atoms with van der Waals surface area (Å²) >= 11 is 6.17. The van der Waals surface area contributed by atoms with Crippen LogP contribution in [0.1, 0.15) is 23.7 Å². The third-order valence-corrected chi connectivity index (χ3v) is 3.63. The molecule has 1 aromatic heterocycles. The summed E-state index contributed by atoms with van der Waals surface area (Å²) in [6.45, 7) is 0. The van der Waals surface area contributed by atoms with Gasteiger partial charge in [0.1, 0.15) is 0 Å². The topological polar surface area (TPSA) is 68.3 Å². The van der Waals surface area contributed by atoms with Gasteiger partial charge in [0.05, 0.1) is 25.3 Å². The summed E-state index contributed by atoms with van der Waals surface area (Å²) in [6.07, 6.45) is 4.59. The van der Waals surface area contributed by atoms with Crippen molar-refractivity contribution in [3.05, 3.63) is 71.0 Å². The van der Waals surface area contributed by atoms with Crippen molar-refractivity contribution in [1.82, 2.24) is 10.3 Å². The van der Waals surface area contributed by atoms with Crippen molar-refractivity contribution in [1.29, 1.82) is 0 Å². The van der Waals surface area contributed by atoms with Gasteiger partial charge < -0.3 is 10.1 Å². The Morgan fingerprint density at radius 2 is 2.00 bits per heavy atom. The fourth-order valence-electron chi connectivity index (χ4n) is 2.10. The van der Waals surface area contributed by atoms with Gasteiger partial charge in [0.15, 0.2) is 0 Å². The van der Waals surface area contributed by atoms with Gasteiger partial charge in [-0.05, 0) is 29.8 Å². The number of pyridine rings is 1. The Morgan fingerprint density at radius 1 is 1.25 bits per heavy atom. The zero-order chi connectivity index (χ0) is 17.4. The Hall–Kier alpha value is -2.66. The van der Waals surface area contributed by atoms with Crippen LogP contribution in [0.25, 0.3) is 6.08 Å². The van der Waals surface area contributed by atoms with Crippen molar-refractivity contribution in [2.45, 2.75) is 12.5 Å². The lowest BCUT2D eigenvalue weighted by Crippen LogP contribution is -2.29. The number of amides is 1. The van der Waals surface area contributed by atoms with Crippen LogP contribution in [0.4, 0.5) is 0 Å². The number of carbonyl (C=O) groups excluding carboxylic acids is 2. The first kappa shape index (κ1) is 17.7. The summed E-state index contributed by atoms with van der Waals surface area (Å²) in [6, 6.07) is 11.9. The van der Waals surface area contributed by atoms with Gasteiger partial charge in [-0.3, -0.25) is 14.6 Å². The van der Waals surface area contributed by atoms with Crippen molar-refractivity contribution < 1.29 is 14.3 Å². The van der Waals surface area contributed by atoms with E-state index < -0.39 is 12.0 Å². The highest BCUT2D eigenvalue weighted by Crippen LogP contribution is 2.25. The van der Waals surface area contributed by atoms with Crippen molar-refractivity contribution in [3.63, 3.8) is 0 Å². The molecule has 1 amide bonds. The third kappa shape index (κ3) is 5.21. The van der Waals surface area contributed by atoms with Crippen LogP contribution in [0.2, 0.25) is 5.02 Å². The van der Waals surface area contributed by atoms with E-state index in [9.17, 15) is 9.59 Å². The molecule has 1 aromatic carbocycles.